The number of amides is 3. The van der Waals surface area contributed by atoms with Crippen molar-refractivity contribution in [3.05, 3.63) is 65.2 Å². The van der Waals surface area contributed by atoms with Crippen LogP contribution in [0.25, 0.3) is 0 Å². The van der Waals surface area contributed by atoms with Gasteiger partial charge in [-0.2, -0.15) is 0 Å². The van der Waals surface area contributed by atoms with Gasteiger partial charge in [0.1, 0.15) is 17.7 Å². The van der Waals surface area contributed by atoms with E-state index in [1.165, 1.54) is 0 Å². The van der Waals surface area contributed by atoms with Gasteiger partial charge in [0, 0.05) is 17.3 Å². The van der Waals surface area contributed by atoms with Crippen LogP contribution in [0.4, 0.5) is 10.5 Å². The first-order chi connectivity index (χ1) is 18.3. The quantitative estimate of drug-likeness (QED) is 0.355. The maximum absolute atomic E-state index is 14.4. The van der Waals surface area contributed by atoms with E-state index in [0.29, 0.717) is 29.7 Å². The fourth-order valence-corrected chi connectivity index (χ4v) is 4.19. The Balaban J connectivity index is 2.61. The van der Waals surface area contributed by atoms with Crippen molar-refractivity contribution in [3.63, 3.8) is 0 Å². The number of terminal acetylenes is 1. The molecule has 0 heterocycles. The second kappa shape index (κ2) is 13.8. The molecule has 39 heavy (non-hydrogen) atoms. The molecule has 2 N–H and O–H groups in total. The molecule has 0 fully saturated rings. The van der Waals surface area contributed by atoms with Crippen LogP contribution in [0, 0.1) is 25.2 Å². The first kappa shape index (κ1) is 31.4. The zero-order valence-electron chi connectivity index (χ0n) is 24.5. The maximum atomic E-state index is 14.4. The summed E-state index contributed by atoms with van der Waals surface area (Å²) in [5.74, 6) is 1.68. The van der Waals surface area contributed by atoms with Crippen LogP contribution in [0.3, 0.4) is 0 Å². The third-order valence-corrected chi connectivity index (χ3v) is 6.79. The highest BCUT2D eigenvalue weighted by atomic mass is 16.6. The summed E-state index contributed by atoms with van der Waals surface area (Å²) >= 11 is 0. The van der Waals surface area contributed by atoms with Gasteiger partial charge in [0.15, 0.2) is 0 Å². The zero-order chi connectivity index (χ0) is 29.3. The van der Waals surface area contributed by atoms with Crippen LogP contribution in [-0.4, -0.2) is 40.5 Å². The smallest absolute Gasteiger partial charge is 0.408 e. The molecule has 2 rings (SSSR count). The summed E-state index contributed by atoms with van der Waals surface area (Å²) in [6, 6.07) is 12.4. The summed E-state index contributed by atoms with van der Waals surface area (Å²) in [6.45, 7) is 14.9. The number of hydrogen-bond donors (Lipinski definition) is 2. The molecule has 0 aliphatic rings. The number of benzene rings is 2. The Morgan fingerprint density at radius 3 is 2.13 bits per heavy atom. The van der Waals surface area contributed by atoms with E-state index >= 15 is 0 Å². The highest BCUT2D eigenvalue weighted by Gasteiger charge is 2.40. The van der Waals surface area contributed by atoms with Crippen LogP contribution in [0.1, 0.15) is 84.0 Å². The molecule has 7 nitrogen and oxygen atoms in total. The predicted octanol–water partition coefficient (Wildman–Crippen LogP) is 6.22. The van der Waals surface area contributed by atoms with Crippen molar-refractivity contribution >= 4 is 23.6 Å². The SMILES string of the molecule is C#Cc1ccc(C(C(=O)Nc2ccccc2C)N(C(=O)C(NC(=O)OC(C)(C)C)C(C)CC)C(C)CC)cc1. The van der Waals surface area contributed by atoms with E-state index in [2.05, 4.69) is 16.6 Å². The Bertz CT molecular complexity index is 1180. The third kappa shape index (κ3) is 8.61. The lowest BCUT2D eigenvalue weighted by Gasteiger charge is -2.39. The second-order valence-corrected chi connectivity index (χ2v) is 11.0. The van der Waals surface area contributed by atoms with Crippen LogP contribution in [-0.2, 0) is 14.3 Å². The molecule has 4 atom stereocenters. The average molecular weight is 534 g/mol. The lowest BCUT2D eigenvalue weighted by atomic mass is 9.94. The van der Waals surface area contributed by atoms with Crippen molar-refractivity contribution in [2.75, 3.05) is 5.32 Å². The van der Waals surface area contributed by atoms with E-state index in [9.17, 15) is 14.4 Å². The fourth-order valence-electron chi connectivity index (χ4n) is 4.19. The number of carbonyl (C=O) groups is 3. The molecule has 0 spiro atoms. The number of alkyl carbamates (subject to hydrolysis) is 1. The largest absolute Gasteiger partial charge is 0.444 e. The average Bonchev–Trinajstić information content (AvgIpc) is 2.89. The van der Waals surface area contributed by atoms with Gasteiger partial charge in [-0.15, -0.1) is 6.42 Å². The molecule has 4 unspecified atom stereocenters. The molecule has 0 saturated heterocycles. The van der Waals surface area contributed by atoms with Gasteiger partial charge in [-0.05, 0) is 76.3 Å². The molecule has 0 aliphatic carbocycles. The van der Waals surface area contributed by atoms with Crippen molar-refractivity contribution in [1.29, 1.82) is 0 Å². The summed E-state index contributed by atoms with van der Waals surface area (Å²) < 4.78 is 5.47. The lowest BCUT2D eigenvalue weighted by Crippen LogP contribution is -2.56. The predicted molar refractivity (Wildman–Crippen MR) is 156 cm³/mol. The molecule has 0 aromatic heterocycles. The Labute approximate surface area is 233 Å². The van der Waals surface area contributed by atoms with E-state index in [4.69, 9.17) is 11.2 Å². The Hall–Kier alpha value is -3.79. The Morgan fingerprint density at radius 1 is 1.00 bits per heavy atom. The molecule has 0 bridgehead atoms. The Morgan fingerprint density at radius 2 is 1.62 bits per heavy atom. The van der Waals surface area contributed by atoms with Crippen LogP contribution in [0.5, 0.6) is 0 Å². The standard InChI is InChI=1S/C32H43N3O4/c1-10-21(4)27(34-31(38)39-32(7,8)9)30(37)35(23(6)11-2)28(25-19-17-24(12-3)18-20-25)29(36)33-26-16-14-13-15-22(26)5/h3,13-21,23,27-28H,10-11H2,1-2,4-9H3,(H,33,36)(H,34,38). The first-order valence-electron chi connectivity index (χ1n) is 13.6. The van der Waals surface area contributed by atoms with Gasteiger partial charge in [0.25, 0.3) is 5.91 Å². The zero-order valence-corrected chi connectivity index (χ0v) is 24.5. The number of ether oxygens (including phenoxy) is 1. The highest BCUT2D eigenvalue weighted by Crippen LogP contribution is 2.29. The highest BCUT2D eigenvalue weighted by molar-refractivity contribution is 5.99. The topological polar surface area (TPSA) is 87.7 Å². The number of anilines is 1. The van der Waals surface area contributed by atoms with Gasteiger partial charge in [-0.25, -0.2) is 4.79 Å². The molecule has 0 saturated carbocycles. The molecule has 2 aromatic carbocycles. The van der Waals surface area contributed by atoms with Crippen LogP contribution in [0.2, 0.25) is 0 Å². The number of hydrogen-bond acceptors (Lipinski definition) is 4. The number of carbonyl (C=O) groups excluding carboxylic acids is 3. The van der Waals surface area contributed by atoms with Crippen LogP contribution < -0.4 is 10.6 Å². The molecule has 0 radical (unpaired) electrons. The van der Waals surface area contributed by atoms with Gasteiger partial charge >= 0.3 is 6.09 Å². The fraction of sp³-hybridized carbons (Fsp3) is 0.469. The van der Waals surface area contributed by atoms with E-state index in [1.807, 2.05) is 58.9 Å². The van der Waals surface area contributed by atoms with Crippen LogP contribution >= 0.6 is 0 Å². The molecule has 3 amide bonds. The second-order valence-electron chi connectivity index (χ2n) is 11.0. The molecule has 7 heteroatoms. The summed E-state index contributed by atoms with van der Waals surface area (Å²) in [7, 11) is 0. The number of rotatable bonds is 10. The minimum atomic E-state index is -0.967. The van der Waals surface area contributed by atoms with Gasteiger partial charge < -0.3 is 20.3 Å². The van der Waals surface area contributed by atoms with Gasteiger partial charge in [0.2, 0.25) is 5.91 Å². The number of aryl methyl sites for hydroxylation is 1. The summed E-state index contributed by atoms with van der Waals surface area (Å²) in [5, 5.41) is 5.82. The molecular weight excluding hydrogens is 490 g/mol. The molecule has 0 aliphatic heterocycles. The van der Waals surface area contributed by atoms with Gasteiger partial charge in [0.05, 0.1) is 0 Å². The van der Waals surface area contributed by atoms with Crippen molar-refractivity contribution in [2.45, 2.75) is 92.0 Å². The van der Waals surface area contributed by atoms with Crippen LogP contribution in [0.15, 0.2) is 48.5 Å². The summed E-state index contributed by atoms with van der Waals surface area (Å²) in [5.41, 5.74) is 2.13. The number of para-hydroxylation sites is 1. The van der Waals surface area contributed by atoms with Crippen molar-refractivity contribution in [3.8, 4) is 12.3 Å². The Kier molecular flexibility index (Phi) is 11.2. The molecular formula is C32H43N3O4. The third-order valence-electron chi connectivity index (χ3n) is 6.79. The number of nitrogens with zero attached hydrogens (tertiary/aromatic N) is 1. The summed E-state index contributed by atoms with van der Waals surface area (Å²) in [6.07, 6.45) is 6.12. The van der Waals surface area contributed by atoms with E-state index in [-0.39, 0.29) is 23.8 Å². The van der Waals surface area contributed by atoms with Crippen molar-refractivity contribution in [2.24, 2.45) is 5.92 Å². The van der Waals surface area contributed by atoms with E-state index in [1.54, 1.807) is 49.9 Å². The first-order valence-corrected chi connectivity index (χ1v) is 13.6. The van der Waals surface area contributed by atoms with Gasteiger partial charge in [-0.1, -0.05) is 63.4 Å². The molecule has 2 aromatic rings. The minimum absolute atomic E-state index is 0.208. The molecule has 210 valence electrons. The lowest BCUT2D eigenvalue weighted by molar-refractivity contribution is -0.144. The number of nitrogens with one attached hydrogen (secondary N) is 2. The van der Waals surface area contributed by atoms with Crippen molar-refractivity contribution < 1.29 is 19.1 Å². The maximum Gasteiger partial charge on any atom is 0.408 e. The van der Waals surface area contributed by atoms with E-state index < -0.39 is 23.8 Å². The normalized spacial score (nSPS) is 14.2. The van der Waals surface area contributed by atoms with Crippen molar-refractivity contribution in [1.82, 2.24) is 10.2 Å². The monoisotopic (exact) mass is 533 g/mol. The summed E-state index contributed by atoms with van der Waals surface area (Å²) in [4.78, 5) is 42.7. The van der Waals surface area contributed by atoms with Gasteiger partial charge in [-0.3, -0.25) is 9.59 Å². The van der Waals surface area contributed by atoms with E-state index in [0.717, 1.165) is 5.56 Å². The minimum Gasteiger partial charge on any atom is -0.444 e.